The third kappa shape index (κ3) is 2.73. The molecule has 1 aromatic carbocycles. The number of anilines is 1. The SMILES string of the molecule is O=C(N1CCCCc2ccc([N+](=O)[O-])cc21)C(F)(F)F. The van der Waals surface area contributed by atoms with Crippen molar-refractivity contribution < 1.29 is 22.9 Å². The molecule has 0 unspecified atom stereocenters. The average molecular weight is 288 g/mol. The summed E-state index contributed by atoms with van der Waals surface area (Å²) in [6.45, 7) is -0.0908. The molecule has 0 saturated carbocycles. The first-order valence-corrected chi connectivity index (χ1v) is 5.96. The second-order valence-electron chi connectivity index (χ2n) is 4.48. The lowest BCUT2D eigenvalue weighted by Gasteiger charge is -2.23. The third-order valence-corrected chi connectivity index (χ3v) is 3.14. The van der Waals surface area contributed by atoms with E-state index in [0.717, 1.165) is 6.07 Å². The normalized spacial score (nSPS) is 15.4. The zero-order valence-corrected chi connectivity index (χ0v) is 10.3. The summed E-state index contributed by atoms with van der Waals surface area (Å²) in [5, 5.41) is 10.7. The van der Waals surface area contributed by atoms with Crippen LogP contribution in [0.5, 0.6) is 0 Å². The number of aryl methyl sites for hydroxylation is 1. The molecule has 108 valence electrons. The number of carbonyl (C=O) groups is 1. The Morgan fingerprint density at radius 1 is 1.30 bits per heavy atom. The van der Waals surface area contributed by atoms with Crippen molar-refractivity contribution in [1.82, 2.24) is 0 Å². The van der Waals surface area contributed by atoms with Gasteiger partial charge in [-0.2, -0.15) is 13.2 Å². The van der Waals surface area contributed by atoms with Gasteiger partial charge in [-0.1, -0.05) is 6.07 Å². The number of hydrogen-bond acceptors (Lipinski definition) is 3. The number of carbonyl (C=O) groups excluding carboxylic acids is 1. The summed E-state index contributed by atoms with van der Waals surface area (Å²) in [7, 11) is 0. The fourth-order valence-electron chi connectivity index (χ4n) is 2.20. The van der Waals surface area contributed by atoms with Gasteiger partial charge in [-0.15, -0.1) is 0 Å². The number of amides is 1. The first-order chi connectivity index (χ1) is 9.30. The Balaban J connectivity index is 2.49. The van der Waals surface area contributed by atoms with E-state index in [-0.39, 0.29) is 17.9 Å². The Morgan fingerprint density at radius 3 is 2.60 bits per heavy atom. The van der Waals surface area contributed by atoms with Crippen molar-refractivity contribution in [3.05, 3.63) is 33.9 Å². The van der Waals surface area contributed by atoms with E-state index in [9.17, 15) is 28.1 Å². The minimum atomic E-state index is -4.99. The summed E-state index contributed by atoms with van der Waals surface area (Å²) in [5.41, 5.74) is 0.176. The van der Waals surface area contributed by atoms with Crippen molar-refractivity contribution in [1.29, 1.82) is 0 Å². The molecule has 0 aromatic heterocycles. The molecule has 0 spiro atoms. The first-order valence-electron chi connectivity index (χ1n) is 5.96. The van der Waals surface area contributed by atoms with Crippen molar-refractivity contribution in [3.63, 3.8) is 0 Å². The van der Waals surface area contributed by atoms with E-state index in [1.165, 1.54) is 12.1 Å². The minimum absolute atomic E-state index is 0.0148. The fourth-order valence-corrected chi connectivity index (χ4v) is 2.20. The van der Waals surface area contributed by atoms with Crippen LogP contribution in [0.3, 0.4) is 0 Å². The molecule has 1 heterocycles. The second kappa shape index (κ2) is 5.10. The number of benzene rings is 1. The Morgan fingerprint density at radius 2 is 2.00 bits per heavy atom. The highest BCUT2D eigenvalue weighted by Crippen LogP contribution is 2.33. The smallest absolute Gasteiger partial charge is 0.304 e. The van der Waals surface area contributed by atoms with E-state index in [1.807, 2.05) is 0 Å². The molecule has 8 heteroatoms. The Kier molecular flexibility index (Phi) is 3.65. The van der Waals surface area contributed by atoms with Crippen molar-refractivity contribution in [3.8, 4) is 0 Å². The monoisotopic (exact) mass is 288 g/mol. The topological polar surface area (TPSA) is 63.5 Å². The van der Waals surface area contributed by atoms with Gasteiger partial charge in [-0.05, 0) is 24.8 Å². The zero-order valence-electron chi connectivity index (χ0n) is 10.3. The Labute approximate surface area is 112 Å². The van der Waals surface area contributed by atoms with E-state index in [0.29, 0.717) is 29.7 Å². The first kappa shape index (κ1) is 14.3. The van der Waals surface area contributed by atoms with Gasteiger partial charge in [0.25, 0.3) is 5.69 Å². The molecule has 1 aliphatic heterocycles. The summed E-state index contributed by atoms with van der Waals surface area (Å²) in [4.78, 5) is 22.1. The minimum Gasteiger partial charge on any atom is -0.304 e. The van der Waals surface area contributed by atoms with Gasteiger partial charge < -0.3 is 4.90 Å². The molecular weight excluding hydrogens is 277 g/mol. The molecule has 0 atom stereocenters. The molecule has 1 aromatic rings. The number of hydrogen-bond donors (Lipinski definition) is 0. The summed E-state index contributed by atoms with van der Waals surface area (Å²) in [6.07, 6.45) is -3.45. The van der Waals surface area contributed by atoms with Gasteiger partial charge in [0.1, 0.15) is 0 Å². The highest BCUT2D eigenvalue weighted by Gasteiger charge is 2.43. The summed E-state index contributed by atoms with van der Waals surface area (Å²) < 4.78 is 37.8. The molecule has 0 aliphatic carbocycles. The van der Waals surface area contributed by atoms with Gasteiger partial charge in [0.05, 0.1) is 10.6 Å². The van der Waals surface area contributed by atoms with Gasteiger partial charge >= 0.3 is 12.1 Å². The second-order valence-corrected chi connectivity index (χ2v) is 4.48. The number of fused-ring (bicyclic) bond motifs is 1. The standard InChI is InChI=1S/C12H11F3N2O3/c13-12(14,15)11(18)16-6-2-1-3-8-4-5-9(17(19)20)7-10(8)16/h4-5,7H,1-3,6H2. The van der Waals surface area contributed by atoms with Crippen LogP contribution in [0.2, 0.25) is 0 Å². The maximum Gasteiger partial charge on any atom is 0.471 e. The average Bonchev–Trinajstić information content (AvgIpc) is 2.57. The van der Waals surface area contributed by atoms with Crippen LogP contribution >= 0.6 is 0 Å². The number of halogens is 3. The maximum atomic E-state index is 12.6. The van der Waals surface area contributed by atoms with Gasteiger partial charge in [-0.25, -0.2) is 0 Å². The molecule has 2 rings (SSSR count). The highest BCUT2D eigenvalue weighted by atomic mass is 19.4. The number of nitro groups is 1. The Bertz CT molecular complexity index is 557. The van der Waals surface area contributed by atoms with Gasteiger partial charge in [0, 0.05) is 18.7 Å². The van der Waals surface area contributed by atoms with Crippen LogP contribution in [0.25, 0.3) is 0 Å². The molecule has 0 radical (unpaired) electrons. The predicted octanol–water partition coefficient (Wildman–Crippen LogP) is 2.83. The van der Waals surface area contributed by atoms with E-state index in [1.54, 1.807) is 0 Å². The molecule has 20 heavy (non-hydrogen) atoms. The van der Waals surface area contributed by atoms with Crippen LogP contribution in [0.15, 0.2) is 18.2 Å². The van der Waals surface area contributed by atoms with Crippen molar-refractivity contribution in [2.24, 2.45) is 0 Å². The van der Waals surface area contributed by atoms with Gasteiger partial charge in [0.2, 0.25) is 0 Å². The van der Waals surface area contributed by atoms with E-state index < -0.39 is 17.0 Å². The maximum absolute atomic E-state index is 12.6. The number of nitrogens with zero attached hydrogens (tertiary/aromatic N) is 2. The van der Waals surface area contributed by atoms with Crippen LogP contribution in [0, 0.1) is 10.1 Å². The summed E-state index contributed by atoms with van der Waals surface area (Å²) in [6, 6.07) is 3.68. The quantitative estimate of drug-likeness (QED) is 0.589. The molecule has 5 nitrogen and oxygen atoms in total. The highest BCUT2D eigenvalue weighted by molar-refractivity contribution is 5.98. The molecule has 1 amide bonds. The summed E-state index contributed by atoms with van der Waals surface area (Å²) in [5.74, 6) is -1.99. The number of non-ortho nitro benzene ring substituents is 1. The van der Waals surface area contributed by atoms with Crippen LogP contribution in [0.1, 0.15) is 18.4 Å². The number of alkyl halides is 3. The van der Waals surface area contributed by atoms with Crippen LogP contribution in [0.4, 0.5) is 24.5 Å². The van der Waals surface area contributed by atoms with Crippen LogP contribution < -0.4 is 4.90 Å². The molecule has 1 aliphatic rings. The Hall–Kier alpha value is -2.12. The molecule has 0 fully saturated rings. The van der Waals surface area contributed by atoms with Crippen molar-refractivity contribution >= 4 is 17.3 Å². The van der Waals surface area contributed by atoms with Crippen LogP contribution in [-0.4, -0.2) is 23.6 Å². The van der Waals surface area contributed by atoms with Crippen LogP contribution in [-0.2, 0) is 11.2 Å². The van der Waals surface area contributed by atoms with E-state index >= 15 is 0 Å². The van der Waals surface area contributed by atoms with Gasteiger partial charge in [0.15, 0.2) is 0 Å². The molecule has 0 bridgehead atoms. The predicted molar refractivity (Wildman–Crippen MR) is 64.4 cm³/mol. The van der Waals surface area contributed by atoms with Crippen molar-refractivity contribution in [2.75, 3.05) is 11.4 Å². The molecular formula is C12H11F3N2O3. The van der Waals surface area contributed by atoms with E-state index in [4.69, 9.17) is 0 Å². The lowest BCUT2D eigenvalue weighted by atomic mass is 10.1. The molecule has 0 N–H and O–H groups in total. The number of rotatable bonds is 1. The van der Waals surface area contributed by atoms with E-state index in [2.05, 4.69) is 0 Å². The largest absolute Gasteiger partial charge is 0.471 e. The zero-order chi connectivity index (χ0) is 14.9. The summed E-state index contributed by atoms with van der Waals surface area (Å²) >= 11 is 0. The van der Waals surface area contributed by atoms with Crippen molar-refractivity contribution in [2.45, 2.75) is 25.4 Å². The lowest BCUT2D eigenvalue weighted by Crippen LogP contribution is -2.41. The van der Waals surface area contributed by atoms with Gasteiger partial charge in [-0.3, -0.25) is 14.9 Å². The molecule has 0 saturated heterocycles. The third-order valence-electron chi connectivity index (χ3n) is 3.14. The fraction of sp³-hybridized carbons (Fsp3) is 0.417. The number of nitro benzene ring substituents is 1. The lowest BCUT2D eigenvalue weighted by molar-refractivity contribution is -0.384.